The molecule has 29 heavy (non-hydrogen) atoms. The zero-order chi connectivity index (χ0) is 20.3. The number of thiophene rings is 1. The van der Waals surface area contributed by atoms with Crippen LogP contribution in [0.5, 0.6) is 0 Å². The highest BCUT2D eigenvalue weighted by Crippen LogP contribution is 2.24. The molecule has 0 spiro atoms. The van der Waals surface area contributed by atoms with Crippen molar-refractivity contribution in [2.45, 2.75) is 50.1 Å². The molecule has 0 amide bonds. The van der Waals surface area contributed by atoms with Crippen molar-refractivity contribution in [3.8, 4) is 11.5 Å². The number of rotatable bonds is 9. The fourth-order valence-electron chi connectivity index (χ4n) is 3.25. The summed E-state index contributed by atoms with van der Waals surface area (Å²) in [5.41, 5.74) is 2.29. The van der Waals surface area contributed by atoms with Gasteiger partial charge in [-0.25, -0.2) is 13.4 Å². The van der Waals surface area contributed by atoms with Crippen molar-refractivity contribution in [1.82, 2.24) is 19.7 Å². The van der Waals surface area contributed by atoms with Gasteiger partial charge in [0.05, 0.1) is 16.6 Å². The quantitative estimate of drug-likeness (QED) is 0.357. The lowest BCUT2D eigenvalue weighted by atomic mass is 10.2. The Kier molecular flexibility index (Phi) is 5.77. The molecule has 3 aromatic heterocycles. The maximum Gasteiger partial charge on any atom is 0.258 e. The second-order valence-electron chi connectivity index (χ2n) is 6.88. The van der Waals surface area contributed by atoms with Gasteiger partial charge >= 0.3 is 0 Å². The minimum Gasteiger partial charge on any atom is -0.334 e. The van der Waals surface area contributed by atoms with Crippen LogP contribution in [0.15, 0.2) is 50.8 Å². The highest BCUT2D eigenvalue weighted by atomic mass is 32.2. The number of sulfone groups is 1. The van der Waals surface area contributed by atoms with Crippen LogP contribution in [0.25, 0.3) is 22.5 Å². The summed E-state index contributed by atoms with van der Waals surface area (Å²) in [6, 6.07) is 9.35. The number of hydrogen-bond acceptors (Lipinski definition) is 7. The van der Waals surface area contributed by atoms with Gasteiger partial charge in [-0.05, 0) is 30.0 Å². The van der Waals surface area contributed by atoms with Gasteiger partial charge in [0.15, 0.2) is 5.82 Å². The molecular formula is C20H22N4O3S2. The van der Waals surface area contributed by atoms with E-state index < -0.39 is 9.84 Å². The van der Waals surface area contributed by atoms with Crippen molar-refractivity contribution >= 4 is 32.2 Å². The first-order chi connectivity index (χ1) is 14.1. The molecule has 0 unspecified atom stereocenters. The second kappa shape index (κ2) is 8.46. The van der Waals surface area contributed by atoms with Gasteiger partial charge in [-0.1, -0.05) is 43.5 Å². The number of aromatic nitrogens is 4. The van der Waals surface area contributed by atoms with Gasteiger partial charge < -0.3 is 9.09 Å². The monoisotopic (exact) mass is 430 g/mol. The number of aryl methyl sites for hydroxylation is 1. The highest BCUT2D eigenvalue weighted by molar-refractivity contribution is 7.90. The van der Waals surface area contributed by atoms with Crippen LogP contribution in [0.4, 0.5) is 0 Å². The fraction of sp³-hybridized carbons (Fsp3) is 0.350. The van der Waals surface area contributed by atoms with Crippen LogP contribution in [0.2, 0.25) is 0 Å². The molecule has 0 atom stereocenters. The summed E-state index contributed by atoms with van der Waals surface area (Å²) in [7, 11) is -3.73. The fourth-order valence-corrected chi connectivity index (χ4v) is 5.23. The van der Waals surface area contributed by atoms with E-state index in [1.165, 1.54) is 11.3 Å². The molecule has 7 nitrogen and oxygen atoms in total. The lowest BCUT2D eigenvalue weighted by molar-refractivity contribution is 0.424. The Bertz CT molecular complexity index is 1190. The van der Waals surface area contributed by atoms with E-state index in [0.717, 1.165) is 36.8 Å². The van der Waals surface area contributed by atoms with E-state index in [4.69, 9.17) is 4.52 Å². The molecule has 0 aliphatic carbocycles. The zero-order valence-electron chi connectivity index (χ0n) is 16.1. The minimum atomic E-state index is -3.73. The molecule has 0 saturated carbocycles. The smallest absolute Gasteiger partial charge is 0.258 e. The van der Waals surface area contributed by atoms with Crippen LogP contribution >= 0.6 is 11.3 Å². The first-order valence-corrected chi connectivity index (χ1v) is 12.2. The van der Waals surface area contributed by atoms with Crippen LogP contribution in [-0.2, 0) is 22.1 Å². The van der Waals surface area contributed by atoms with E-state index in [1.807, 2.05) is 41.1 Å². The molecule has 3 heterocycles. The SMILES string of the molecule is CCCCCCn1c(S(=O)(=O)Cc2noc(-c3ccsc3)n2)nc2ccccc21. The number of nitrogens with zero attached hydrogens (tertiary/aromatic N) is 4. The molecule has 0 N–H and O–H groups in total. The number of unbranched alkanes of at least 4 members (excludes halogenated alkanes) is 3. The Balaban J connectivity index is 1.63. The lowest BCUT2D eigenvalue weighted by Gasteiger charge is -2.09. The van der Waals surface area contributed by atoms with E-state index in [1.54, 1.807) is 4.57 Å². The average Bonchev–Trinajstić information content (AvgIpc) is 3.44. The molecule has 0 radical (unpaired) electrons. The molecular weight excluding hydrogens is 408 g/mol. The lowest BCUT2D eigenvalue weighted by Crippen LogP contribution is -2.14. The van der Waals surface area contributed by atoms with Crippen molar-refractivity contribution in [2.24, 2.45) is 0 Å². The van der Waals surface area contributed by atoms with Crippen molar-refractivity contribution in [3.05, 3.63) is 46.9 Å². The van der Waals surface area contributed by atoms with Gasteiger partial charge in [0.2, 0.25) is 15.0 Å². The van der Waals surface area contributed by atoms with E-state index in [-0.39, 0.29) is 16.7 Å². The summed E-state index contributed by atoms with van der Waals surface area (Å²) >= 11 is 1.51. The first-order valence-electron chi connectivity index (χ1n) is 9.61. The maximum absolute atomic E-state index is 13.2. The van der Waals surface area contributed by atoms with E-state index in [2.05, 4.69) is 22.0 Å². The summed E-state index contributed by atoms with van der Waals surface area (Å²) < 4.78 is 33.4. The normalized spacial score (nSPS) is 12.0. The second-order valence-corrected chi connectivity index (χ2v) is 9.55. The third-order valence-electron chi connectivity index (χ3n) is 4.69. The Hall–Kier alpha value is -2.52. The van der Waals surface area contributed by atoms with Crippen molar-refractivity contribution in [1.29, 1.82) is 0 Å². The molecule has 0 fully saturated rings. The average molecular weight is 431 g/mol. The predicted octanol–water partition coefficient (Wildman–Crippen LogP) is 4.70. The first kappa shape index (κ1) is 19.8. The molecule has 1 aromatic carbocycles. The highest BCUT2D eigenvalue weighted by Gasteiger charge is 2.26. The third-order valence-corrected chi connectivity index (χ3v) is 6.88. The van der Waals surface area contributed by atoms with Gasteiger partial charge in [0.25, 0.3) is 5.89 Å². The summed E-state index contributed by atoms with van der Waals surface area (Å²) in [5.74, 6) is 0.110. The molecule has 9 heteroatoms. The maximum atomic E-state index is 13.2. The summed E-state index contributed by atoms with van der Waals surface area (Å²) in [6.07, 6.45) is 4.21. The van der Waals surface area contributed by atoms with Crippen molar-refractivity contribution < 1.29 is 12.9 Å². The van der Waals surface area contributed by atoms with Gasteiger partial charge in [0, 0.05) is 11.9 Å². The minimum absolute atomic E-state index is 0.0667. The van der Waals surface area contributed by atoms with Gasteiger partial charge in [-0.2, -0.15) is 16.3 Å². The molecule has 4 rings (SSSR count). The van der Waals surface area contributed by atoms with E-state index in [9.17, 15) is 8.42 Å². The number of fused-ring (bicyclic) bond motifs is 1. The number of imidazole rings is 1. The molecule has 152 valence electrons. The summed E-state index contributed by atoms with van der Waals surface area (Å²) in [4.78, 5) is 8.67. The topological polar surface area (TPSA) is 90.9 Å². The number of para-hydroxylation sites is 2. The Morgan fingerprint density at radius 1 is 1.10 bits per heavy atom. The third kappa shape index (κ3) is 4.25. The van der Waals surface area contributed by atoms with Gasteiger partial charge in [-0.15, -0.1) is 0 Å². The summed E-state index contributed by atoms with van der Waals surface area (Å²) in [6.45, 7) is 2.76. The standard InChI is InChI=1S/C20H22N4O3S2/c1-2-3-4-7-11-24-17-9-6-5-8-16(17)21-20(24)29(25,26)14-18-22-19(27-23-18)15-10-12-28-13-15/h5-6,8-10,12-13H,2-4,7,11,14H2,1H3. The van der Waals surface area contributed by atoms with Gasteiger partial charge in [-0.3, -0.25) is 0 Å². The van der Waals surface area contributed by atoms with Crippen LogP contribution < -0.4 is 0 Å². The van der Waals surface area contributed by atoms with Crippen molar-refractivity contribution in [3.63, 3.8) is 0 Å². The Morgan fingerprint density at radius 2 is 1.97 bits per heavy atom. The zero-order valence-corrected chi connectivity index (χ0v) is 17.7. The largest absolute Gasteiger partial charge is 0.334 e. The predicted molar refractivity (Wildman–Crippen MR) is 112 cm³/mol. The van der Waals surface area contributed by atoms with Crippen LogP contribution in [0.1, 0.15) is 38.4 Å². The van der Waals surface area contributed by atoms with Crippen LogP contribution in [0, 0.1) is 0 Å². The molecule has 0 aliphatic heterocycles. The molecule has 0 aliphatic rings. The van der Waals surface area contributed by atoms with Crippen LogP contribution in [0.3, 0.4) is 0 Å². The van der Waals surface area contributed by atoms with Gasteiger partial charge in [0.1, 0.15) is 5.75 Å². The summed E-state index contributed by atoms with van der Waals surface area (Å²) in [5, 5.41) is 7.70. The molecule has 0 saturated heterocycles. The van der Waals surface area contributed by atoms with Crippen molar-refractivity contribution in [2.75, 3.05) is 0 Å². The Labute approximate surface area is 173 Å². The molecule has 0 bridgehead atoms. The van der Waals surface area contributed by atoms with E-state index >= 15 is 0 Å². The number of benzene rings is 1. The van der Waals surface area contributed by atoms with E-state index in [0.29, 0.717) is 18.0 Å². The molecule has 4 aromatic rings. The number of hydrogen-bond donors (Lipinski definition) is 0. The van der Waals surface area contributed by atoms with Crippen LogP contribution in [-0.4, -0.2) is 28.1 Å². The Morgan fingerprint density at radius 3 is 2.76 bits per heavy atom.